The molecule has 1 amide bonds. The topological polar surface area (TPSA) is 29.5 Å². The van der Waals surface area contributed by atoms with Crippen LogP contribution in [0.15, 0.2) is 71.2 Å². The van der Waals surface area contributed by atoms with Crippen molar-refractivity contribution in [1.29, 1.82) is 0 Å². The van der Waals surface area contributed by atoms with Gasteiger partial charge < -0.3 is 4.74 Å². The van der Waals surface area contributed by atoms with Gasteiger partial charge in [0.05, 0.1) is 4.91 Å². The molecule has 0 aliphatic carbocycles. The predicted octanol–water partition coefficient (Wildman–Crippen LogP) is 4.84. The summed E-state index contributed by atoms with van der Waals surface area (Å²) in [5.41, 5.74) is 3.21. The van der Waals surface area contributed by atoms with Crippen LogP contribution in [0.1, 0.15) is 18.1 Å². The van der Waals surface area contributed by atoms with Crippen molar-refractivity contribution in [1.82, 2.24) is 4.90 Å². The fourth-order valence-corrected chi connectivity index (χ4v) is 4.46. The van der Waals surface area contributed by atoms with E-state index in [4.69, 9.17) is 17.0 Å². The normalized spacial score (nSPS) is 20.5. The zero-order chi connectivity index (χ0) is 18.8. The van der Waals surface area contributed by atoms with E-state index in [1.54, 1.807) is 4.90 Å². The first-order valence-corrected chi connectivity index (χ1v) is 10.1. The first-order chi connectivity index (χ1) is 13.1. The Morgan fingerprint density at radius 2 is 1.89 bits per heavy atom. The number of para-hydroxylation sites is 1. The van der Waals surface area contributed by atoms with Crippen LogP contribution >= 0.6 is 24.0 Å². The van der Waals surface area contributed by atoms with Gasteiger partial charge >= 0.3 is 0 Å². The van der Waals surface area contributed by atoms with E-state index in [0.29, 0.717) is 15.8 Å². The minimum atomic E-state index is -0.104. The Morgan fingerprint density at radius 1 is 1.15 bits per heavy atom. The standard InChI is InChI=1S/C22H19NO2S2/c1-15-18(13-17-9-5-6-10-19(17)25-15)14-20-21(24)23(22(26)27-20)12-11-16-7-3-2-4-8-16/h2-10,13-15H,11-12H2,1H3/b20-14+/t15-/m0/s1. The zero-order valence-corrected chi connectivity index (χ0v) is 16.6. The summed E-state index contributed by atoms with van der Waals surface area (Å²) in [6.45, 7) is 2.59. The van der Waals surface area contributed by atoms with E-state index in [1.807, 2.05) is 55.5 Å². The van der Waals surface area contributed by atoms with Gasteiger partial charge in [-0.25, -0.2) is 0 Å². The first-order valence-electron chi connectivity index (χ1n) is 8.88. The Kier molecular flexibility index (Phi) is 5.14. The summed E-state index contributed by atoms with van der Waals surface area (Å²) in [7, 11) is 0. The maximum atomic E-state index is 12.8. The minimum absolute atomic E-state index is 0.0205. The van der Waals surface area contributed by atoms with E-state index in [1.165, 1.54) is 17.3 Å². The Bertz CT molecular complexity index is 950. The number of thioether (sulfide) groups is 1. The predicted molar refractivity (Wildman–Crippen MR) is 115 cm³/mol. The molecule has 1 atom stereocenters. The maximum Gasteiger partial charge on any atom is 0.266 e. The third-order valence-corrected chi connectivity index (χ3v) is 6.03. The SMILES string of the molecule is C[C@@H]1Oc2ccccc2C=C1/C=C1/SC(=S)N(CCc2ccccc2)C1=O. The van der Waals surface area contributed by atoms with Crippen molar-refractivity contribution in [2.24, 2.45) is 0 Å². The summed E-state index contributed by atoms with van der Waals surface area (Å²) in [6.07, 6.45) is 4.69. The number of carbonyl (C=O) groups excluding carboxylic acids is 1. The van der Waals surface area contributed by atoms with E-state index >= 15 is 0 Å². The number of ether oxygens (including phenoxy) is 1. The van der Waals surface area contributed by atoms with Crippen LogP contribution in [0.3, 0.4) is 0 Å². The molecule has 0 unspecified atom stereocenters. The van der Waals surface area contributed by atoms with Crippen molar-refractivity contribution in [3.05, 3.63) is 82.3 Å². The third-order valence-electron chi connectivity index (χ3n) is 4.65. The van der Waals surface area contributed by atoms with Gasteiger partial charge in [0.15, 0.2) is 0 Å². The quantitative estimate of drug-likeness (QED) is 0.549. The molecule has 0 saturated carbocycles. The van der Waals surface area contributed by atoms with E-state index in [0.717, 1.165) is 23.3 Å². The number of hydrogen-bond acceptors (Lipinski definition) is 4. The molecule has 0 radical (unpaired) electrons. The van der Waals surface area contributed by atoms with Gasteiger partial charge in [0.1, 0.15) is 16.2 Å². The van der Waals surface area contributed by atoms with Gasteiger partial charge in [-0.05, 0) is 42.7 Å². The lowest BCUT2D eigenvalue weighted by Gasteiger charge is -2.23. The highest BCUT2D eigenvalue weighted by molar-refractivity contribution is 8.26. The van der Waals surface area contributed by atoms with Crippen molar-refractivity contribution >= 4 is 40.3 Å². The average Bonchev–Trinajstić information content (AvgIpc) is 2.94. The monoisotopic (exact) mass is 393 g/mol. The molecule has 1 fully saturated rings. The smallest absolute Gasteiger partial charge is 0.266 e. The Hall–Kier alpha value is -2.37. The molecular formula is C22H19NO2S2. The lowest BCUT2D eigenvalue weighted by Crippen LogP contribution is -2.30. The van der Waals surface area contributed by atoms with Crippen LogP contribution in [-0.4, -0.2) is 27.8 Å². The number of benzene rings is 2. The second kappa shape index (κ2) is 7.71. The highest BCUT2D eigenvalue weighted by Crippen LogP contribution is 2.35. The molecular weight excluding hydrogens is 374 g/mol. The molecule has 2 aromatic carbocycles. The van der Waals surface area contributed by atoms with Crippen LogP contribution in [0.5, 0.6) is 5.75 Å². The molecule has 1 saturated heterocycles. The number of nitrogens with zero attached hydrogens (tertiary/aromatic N) is 1. The summed E-state index contributed by atoms with van der Waals surface area (Å²) in [6, 6.07) is 18.1. The number of fused-ring (bicyclic) bond motifs is 1. The molecule has 136 valence electrons. The lowest BCUT2D eigenvalue weighted by atomic mass is 10.0. The molecule has 4 rings (SSSR count). The fourth-order valence-electron chi connectivity index (χ4n) is 3.15. The van der Waals surface area contributed by atoms with E-state index in [-0.39, 0.29) is 12.0 Å². The van der Waals surface area contributed by atoms with Crippen LogP contribution in [0.25, 0.3) is 6.08 Å². The molecule has 27 heavy (non-hydrogen) atoms. The van der Waals surface area contributed by atoms with E-state index in [9.17, 15) is 4.79 Å². The van der Waals surface area contributed by atoms with Crippen molar-refractivity contribution < 1.29 is 9.53 Å². The second-order valence-corrected chi connectivity index (χ2v) is 8.19. The van der Waals surface area contributed by atoms with Crippen LogP contribution in [0.2, 0.25) is 0 Å². The van der Waals surface area contributed by atoms with Crippen molar-refractivity contribution in [3.8, 4) is 5.75 Å². The van der Waals surface area contributed by atoms with Gasteiger partial charge in [-0.3, -0.25) is 9.69 Å². The van der Waals surface area contributed by atoms with Crippen LogP contribution in [-0.2, 0) is 11.2 Å². The Balaban J connectivity index is 1.52. The van der Waals surface area contributed by atoms with E-state index in [2.05, 4.69) is 18.2 Å². The third kappa shape index (κ3) is 3.84. The van der Waals surface area contributed by atoms with Crippen molar-refractivity contribution in [2.75, 3.05) is 6.54 Å². The molecule has 5 heteroatoms. The van der Waals surface area contributed by atoms with Gasteiger partial charge in [0.2, 0.25) is 0 Å². The summed E-state index contributed by atoms with van der Waals surface area (Å²) in [5, 5.41) is 0. The summed E-state index contributed by atoms with van der Waals surface area (Å²) >= 11 is 6.81. The van der Waals surface area contributed by atoms with Gasteiger partial charge in [-0.2, -0.15) is 0 Å². The van der Waals surface area contributed by atoms with Crippen LogP contribution < -0.4 is 4.74 Å². The number of rotatable bonds is 4. The lowest BCUT2D eigenvalue weighted by molar-refractivity contribution is -0.122. The average molecular weight is 394 g/mol. The summed E-state index contributed by atoms with van der Waals surface area (Å²) < 4.78 is 6.59. The van der Waals surface area contributed by atoms with Gasteiger partial charge in [0, 0.05) is 12.1 Å². The molecule has 0 aromatic heterocycles. The highest BCUT2D eigenvalue weighted by Gasteiger charge is 2.32. The molecule has 2 aliphatic heterocycles. The number of thiocarbonyl (C=S) groups is 1. The van der Waals surface area contributed by atoms with Crippen LogP contribution in [0, 0.1) is 0 Å². The zero-order valence-electron chi connectivity index (χ0n) is 14.9. The molecule has 0 bridgehead atoms. The number of carbonyl (C=O) groups is 1. The molecule has 3 nitrogen and oxygen atoms in total. The van der Waals surface area contributed by atoms with Crippen molar-refractivity contribution in [3.63, 3.8) is 0 Å². The Morgan fingerprint density at radius 3 is 2.70 bits per heavy atom. The second-order valence-electron chi connectivity index (χ2n) is 6.51. The van der Waals surface area contributed by atoms with Gasteiger partial charge in [0.25, 0.3) is 5.91 Å². The molecule has 2 aliphatic rings. The number of hydrogen-bond donors (Lipinski definition) is 0. The maximum absolute atomic E-state index is 12.8. The summed E-state index contributed by atoms with van der Waals surface area (Å²) in [5.74, 6) is 0.852. The van der Waals surface area contributed by atoms with Gasteiger partial charge in [-0.1, -0.05) is 72.5 Å². The van der Waals surface area contributed by atoms with Crippen LogP contribution in [0.4, 0.5) is 0 Å². The van der Waals surface area contributed by atoms with E-state index < -0.39 is 0 Å². The highest BCUT2D eigenvalue weighted by atomic mass is 32.2. The van der Waals surface area contributed by atoms with Crippen molar-refractivity contribution in [2.45, 2.75) is 19.4 Å². The van der Waals surface area contributed by atoms with Gasteiger partial charge in [-0.15, -0.1) is 0 Å². The largest absolute Gasteiger partial charge is 0.485 e. The Labute approximate surface area is 168 Å². The first kappa shape index (κ1) is 18.0. The molecule has 2 aromatic rings. The molecule has 2 heterocycles. The summed E-state index contributed by atoms with van der Waals surface area (Å²) in [4.78, 5) is 15.2. The fraction of sp³-hybridized carbons (Fsp3) is 0.182. The molecule has 0 N–H and O–H groups in total. The molecule has 0 spiro atoms. The minimum Gasteiger partial charge on any atom is -0.485 e. The number of amides is 1.